The normalized spacial score (nSPS) is 31.2. The molecule has 1 heterocycles. The summed E-state index contributed by atoms with van der Waals surface area (Å²) in [5.41, 5.74) is -0.500. The van der Waals surface area contributed by atoms with Gasteiger partial charge in [-0.15, -0.1) is 11.8 Å². The van der Waals surface area contributed by atoms with Gasteiger partial charge in [-0.05, 0) is 12.7 Å². The van der Waals surface area contributed by atoms with Crippen molar-refractivity contribution in [3.05, 3.63) is 0 Å². The molecule has 0 aromatic heterocycles. The zero-order valence-corrected chi connectivity index (χ0v) is 14.2. The third-order valence-electron chi connectivity index (χ3n) is 2.96. The SMILES string of the molecule is CCS[C@@H]1OC(C)[C@H](OC(C)=O)C(OC(C)=O)[C@@H]1OC(C)=O. The van der Waals surface area contributed by atoms with Gasteiger partial charge in [0.1, 0.15) is 5.44 Å². The summed E-state index contributed by atoms with van der Waals surface area (Å²) in [6.45, 7) is 7.42. The second-order valence-electron chi connectivity index (χ2n) is 4.89. The molecular formula is C14H22O7S. The molecule has 0 saturated carbocycles. The predicted molar refractivity (Wildman–Crippen MR) is 79.1 cm³/mol. The van der Waals surface area contributed by atoms with Crippen LogP contribution in [-0.2, 0) is 33.3 Å². The fourth-order valence-electron chi connectivity index (χ4n) is 2.27. The third kappa shape index (κ3) is 5.17. The summed E-state index contributed by atoms with van der Waals surface area (Å²) < 4.78 is 21.6. The lowest BCUT2D eigenvalue weighted by molar-refractivity contribution is -0.228. The molecule has 0 spiro atoms. The summed E-state index contributed by atoms with van der Waals surface area (Å²) >= 11 is 1.43. The first-order valence-electron chi connectivity index (χ1n) is 7.05. The zero-order chi connectivity index (χ0) is 16.9. The lowest BCUT2D eigenvalue weighted by atomic mass is 10.00. The van der Waals surface area contributed by atoms with Crippen molar-refractivity contribution in [2.24, 2.45) is 0 Å². The van der Waals surface area contributed by atoms with Crippen LogP contribution >= 0.6 is 11.8 Å². The van der Waals surface area contributed by atoms with Gasteiger partial charge in [-0.1, -0.05) is 6.92 Å². The smallest absolute Gasteiger partial charge is 0.303 e. The van der Waals surface area contributed by atoms with E-state index in [1.165, 1.54) is 32.5 Å². The molecule has 1 fully saturated rings. The van der Waals surface area contributed by atoms with E-state index in [9.17, 15) is 14.4 Å². The topological polar surface area (TPSA) is 88.1 Å². The molecule has 0 N–H and O–H groups in total. The molecule has 5 atom stereocenters. The summed E-state index contributed by atoms with van der Waals surface area (Å²) in [4.78, 5) is 34.1. The van der Waals surface area contributed by atoms with E-state index >= 15 is 0 Å². The Kier molecular flexibility index (Phi) is 7.15. The van der Waals surface area contributed by atoms with Crippen LogP contribution in [0.1, 0.15) is 34.6 Å². The number of rotatable bonds is 5. The molecule has 0 radical (unpaired) electrons. The van der Waals surface area contributed by atoms with Gasteiger partial charge in [0.2, 0.25) is 0 Å². The number of carbonyl (C=O) groups excluding carboxylic acids is 3. The number of esters is 3. The van der Waals surface area contributed by atoms with Crippen molar-refractivity contribution in [3.8, 4) is 0 Å². The fraction of sp³-hybridized carbons (Fsp3) is 0.786. The van der Waals surface area contributed by atoms with Crippen LogP contribution in [-0.4, -0.2) is 53.5 Å². The van der Waals surface area contributed by atoms with E-state index in [0.717, 1.165) is 5.75 Å². The molecule has 1 aliphatic rings. The van der Waals surface area contributed by atoms with Crippen molar-refractivity contribution in [3.63, 3.8) is 0 Å². The van der Waals surface area contributed by atoms with E-state index < -0.39 is 47.8 Å². The van der Waals surface area contributed by atoms with Crippen LogP contribution in [0.5, 0.6) is 0 Å². The average Bonchev–Trinajstić information content (AvgIpc) is 2.37. The molecular weight excluding hydrogens is 312 g/mol. The molecule has 7 nitrogen and oxygen atoms in total. The Morgan fingerprint density at radius 3 is 1.82 bits per heavy atom. The molecule has 126 valence electrons. The molecule has 0 bridgehead atoms. The maximum absolute atomic E-state index is 11.4. The van der Waals surface area contributed by atoms with E-state index in [1.54, 1.807) is 6.92 Å². The summed E-state index contributed by atoms with van der Waals surface area (Å²) in [6, 6.07) is 0. The van der Waals surface area contributed by atoms with Crippen LogP contribution in [0.25, 0.3) is 0 Å². The fourth-order valence-corrected chi connectivity index (χ4v) is 3.25. The second-order valence-corrected chi connectivity index (χ2v) is 6.26. The van der Waals surface area contributed by atoms with Gasteiger partial charge in [0.05, 0.1) is 6.10 Å². The number of thioether (sulfide) groups is 1. The highest BCUT2D eigenvalue weighted by Crippen LogP contribution is 2.33. The predicted octanol–water partition coefficient (Wildman–Crippen LogP) is 1.28. The molecule has 2 unspecified atom stereocenters. The summed E-state index contributed by atoms with van der Waals surface area (Å²) in [7, 11) is 0. The quantitative estimate of drug-likeness (QED) is 0.549. The Bertz CT molecular complexity index is 425. The van der Waals surface area contributed by atoms with Gasteiger partial charge >= 0.3 is 17.9 Å². The largest absolute Gasteiger partial charge is 0.456 e. The van der Waals surface area contributed by atoms with E-state index in [-0.39, 0.29) is 0 Å². The highest BCUT2D eigenvalue weighted by Gasteiger charge is 2.50. The lowest BCUT2D eigenvalue weighted by Crippen LogP contribution is -2.59. The Morgan fingerprint density at radius 2 is 1.36 bits per heavy atom. The van der Waals surface area contributed by atoms with Gasteiger partial charge in [-0.2, -0.15) is 0 Å². The molecule has 22 heavy (non-hydrogen) atoms. The summed E-state index contributed by atoms with van der Waals surface area (Å²) in [5, 5.41) is 0. The van der Waals surface area contributed by atoms with Crippen LogP contribution in [0.15, 0.2) is 0 Å². The van der Waals surface area contributed by atoms with E-state index in [1.807, 2.05) is 6.92 Å². The minimum Gasteiger partial charge on any atom is -0.456 e. The molecule has 0 amide bonds. The summed E-state index contributed by atoms with van der Waals surface area (Å²) in [5.74, 6) is -0.877. The Balaban J connectivity index is 3.09. The molecule has 8 heteroatoms. The summed E-state index contributed by atoms with van der Waals surface area (Å²) in [6.07, 6.45) is -3.08. The molecule has 1 rings (SSSR count). The molecule has 0 aromatic rings. The first-order chi connectivity index (χ1) is 10.3. The maximum atomic E-state index is 11.4. The van der Waals surface area contributed by atoms with Gasteiger partial charge in [0, 0.05) is 20.8 Å². The maximum Gasteiger partial charge on any atom is 0.303 e. The average molecular weight is 334 g/mol. The van der Waals surface area contributed by atoms with Crippen LogP contribution in [0.3, 0.4) is 0 Å². The van der Waals surface area contributed by atoms with Crippen LogP contribution in [0, 0.1) is 0 Å². The standard InChI is InChI=1S/C14H22O7S/c1-6-22-14-13(21-10(5)17)12(20-9(4)16)11(7(2)18-14)19-8(3)15/h7,11-14H,6H2,1-5H3/t7?,11-,12?,13-,14-/m0/s1. The van der Waals surface area contributed by atoms with Gasteiger partial charge in [0.15, 0.2) is 18.3 Å². The first-order valence-corrected chi connectivity index (χ1v) is 8.09. The van der Waals surface area contributed by atoms with Crippen molar-refractivity contribution in [1.29, 1.82) is 0 Å². The Labute approximate surface area is 134 Å². The van der Waals surface area contributed by atoms with Gasteiger partial charge in [0.25, 0.3) is 0 Å². The van der Waals surface area contributed by atoms with Crippen molar-refractivity contribution < 1.29 is 33.3 Å². The molecule has 0 aliphatic carbocycles. The second kappa shape index (κ2) is 8.38. The van der Waals surface area contributed by atoms with Crippen LogP contribution in [0.4, 0.5) is 0 Å². The highest BCUT2D eigenvalue weighted by atomic mass is 32.2. The van der Waals surface area contributed by atoms with Gasteiger partial charge in [-0.3, -0.25) is 14.4 Å². The third-order valence-corrected chi connectivity index (χ3v) is 4.01. The zero-order valence-electron chi connectivity index (χ0n) is 13.4. The van der Waals surface area contributed by atoms with Crippen molar-refractivity contribution in [2.75, 3.05) is 5.75 Å². The van der Waals surface area contributed by atoms with Crippen molar-refractivity contribution >= 4 is 29.7 Å². The van der Waals surface area contributed by atoms with Crippen molar-refractivity contribution in [1.82, 2.24) is 0 Å². The van der Waals surface area contributed by atoms with Gasteiger partial charge in [-0.25, -0.2) is 0 Å². The van der Waals surface area contributed by atoms with E-state index in [2.05, 4.69) is 0 Å². The lowest BCUT2D eigenvalue weighted by Gasteiger charge is -2.43. The number of hydrogen-bond acceptors (Lipinski definition) is 8. The number of carbonyl (C=O) groups is 3. The van der Waals surface area contributed by atoms with E-state index in [0.29, 0.717) is 0 Å². The van der Waals surface area contributed by atoms with E-state index in [4.69, 9.17) is 18.9 Å². The Hall–Kier alpha value is -1.28. The van der Waals surface area contributed by atoms with Crippen LogP contribution < -0.4 is 0 Å². The first kappa shape index (κ1) is 18.8. The molecule has 0 aromatic carbocycles. The minimum absolute atomic E-state index is 0.496. The number of hydrogen-bond donors (Lipinski definition) is 0. The highest BCUT2D eigenvalue weighted by molar-refractivity contribution is 7.99. The Morgan fingerprint density at radius 1 is 0.909 bits per heavy atom. The molecule has 1 saturated heterocycles. The molecule has 1 aliphatic heterocycles. The van der Waals surface area contributed by atoms with Crippen LogP contribution in [0.2, 0.25) is 0 Å². The number of ether oxygens (including phenoxy) is 4. The van der Waals surface area contributed by atoms with Crippen molar-refractivity contribution in [2.45, 2.75) is 64.5 Å². The van der Waals surface area contributed by atoms with Gasteiger partial charge < -0.3 is 18.9 Å². The monoisotopic (exact) mass is 334 g/mol. The minimum atomic E-state index is -0.905.